The zero-order valence-corrected chi connectivity index (χ0v) is 38.7. The number of hydrogen-bond acceptors (Lipinski definition) is 4. The van der Waals surface area contributed by atoms with Gasteiger partial charge in [-0.2, -0.15) is 132 Å². The maximum atomic E-state index is 14.2. The van der Waals surface area contributed by atoms with Crippen molar-refractivity contribution in [2.75, 3.05) is 5.52 Å². The van der Waals surface area contributed by atoms with Crippen molar-refractivity contribution in [3.05, 3.63) is 177 Å². The number of ketones is 1. The molecule has 0 unspecified atom stereocenters. The van der Waals surface area contributed by atoms with E-state index in [4.69, 9.17) is 4.74 Å². The Balaban J connectivity index is 0.000000455. The Morgan fingerprint density at radius 1 is 0.442 bits per heavy atom. The van der Waals surface area contributed by atoms with E-state index in [1.807, 2.05) is 6.07 Å². The monoisotopic (exact) mass is 1200 g/mol. The predicted molar refractivity (Wildman–Crippen MR) is 224 cm³/mol. The minimum atomic E-state index is -6.13. The van der Waals surface area contributed by atoms with Gasteiger partial charge in [0.2, 0.25) is 12.3 Å². The van der Waals surface area contributed by atoms with Gasteiger partial charge in [-0.15, -0.1) is 0 Å². The summed E-state index contributed by atoms with van der Waals surface area (Å²) in [6.45, 7) is 0.0548. The van der Waals surface area contributed by atoms with Gasteiger partial charge in [-0.25, -0.2) is 4.79 Å². The summed E-state index contributed by atoms with van der Waals surface area (Å²) < 4.78 is 347. The second-order valence-corrected chi connectivity index (χ2v) is 16.6. The molecule has 0 spiro atoms. The molecule has 0 aliphatic heterocycles. The van der Waals surface area contributed by atoms with Crippen molar-refractivity contribution < 1.29 is 124 Å². The molecule has 77 heavy (non-hydrogen) atoms. The molecule has 5 aromatic carbocycles. The van der Waals surface area contributed by atoms with Crippen molar-refractivity contribution in [3.63, 3.8) is 0 Å². The normalized spacial score (nSPS) is 13.2. The molecule has 0 atom stereocenters. The predicted octanol–water partition coefficient (Wildman–Crippen LogP) is 13.0. The second kappa shape index (κ2) is 21.5. The number of halogens is 25. The number of carbonyl (C=O) groups excluding carboxylic acids is 2. The van der Waals surface area contributed by atoms with Crippen LogP contribution in [0.2, 0.25) is 0 Å². The summed E-state index contributed by atoms with van der Waals surface area (Å²) in [7, 11) is 0. The molecule has 414 valence electrons. The van der Waals surface area contributed by atoms with Crippen LogP contribution in [0.1, 0.15) is 65.4 Å². The van der Waals surface area contributed by atoms with E-state index in [1.165, 1.54) is 17.0 Å². The number of nitrogens with zero attached hydrogens (tertiary/aromatic N) is 2. The van der Waals surface area contributed by atoms with Crippen LogP contribution in [0, 0.1) is 0 Å². The number of hydrogen-bond donors (Lipinski definition) is 0. The van der Waals surface area contributed by atoms with E-state index in [-0.39, 0.29) is 23.5 Å². The number of ether oxygens (including phenoxy) is 1. The topological polar surface area (TPSA) is 60.1 Å². The lowest BCUT2D eigenvalue weighted by Gasteiger charge is -2.46. The largest absolute Gasteiger partial charge is 0.446 e. The Hall–Kier alpha value is -6.82. The molecule has 0 aliphatic rings. The first kappa shape index (κ1) is 61.0. The average Bonchev–Trinajstić information content (AvgIpc) is 3.30. The van der Waals surface area contributed by atoms with E-state index >= 15 is 0 Å². The van der Waals surface area contributed by atoms with Gasteiger partial charge in [0.15, 0.2) is 6.20 Å². The quantitative estimate of drug-likeness (QED) is 0.0361. The molecule has 6 aromatic rings. The van der Waals surface area contributed by atoms with Crippen molar-refractivity contribution in [2.24, 2.45) is 0 Å². The SMILES string of the molecule is FC(F)(F)c1cc([B-](c2cc(C(F)(F)F)cc(C(F)(F)F)c2)(c2cc(C(F)(F)F)cc(C(F)(F)F)c2)c2cc(C(F)(F)F)cc(C(F)(F)F)c2)cc(C(F)(F)F)c1.O=C(C[n+]1ccncc1C(=O)OCBr)c1ccccc1. The van der Waals surface area contributed by atoms with E-state index in [0.717, 1.165) is 0 Å². The molecular formula is C46H24BBrF24N2O3. The van der Waals surface area contributed by atoms with Gasteiger partial charge in [0.1, 0.15) is 17.9 Å². The summed E-state index contributed by atoms with van der Waals surface area (Å²) in [6.07, 6.45) is -50.3. The van der Waals surface area contributed by atoms with Crippen LogP contribution >= 0.6 is 15.9 Å². The Morgan fingerprint density at radius 2 is 0.714 bits per heavy atom. The van der Waals surface area contributed by atoms with Gasteiger partial charge in [-0.3, -0.25) is 9.78 Å². The standard InChI is InChI=1S/C32H12BF24.C14H12BrN2O3/c34-25(35,36)13-1-14(26(37,38)39)6-21(5-13)33(22-7-15(27(40,41)42)2-16(8-22)28(43,44)45,23-9-17(29(46,47)48)3-18(10-23)30(49,50)51)24-11-19(31(52,53)54)4-20(12-24)32(55,56)57;15-10-20-14(19)12-8-16-6-7-17(12)9-13(18)11-4-2-1-3-5-11/h1-12H;1-8H,9-10H2/q-1;+1. The highest BCUT2D eigenvalue weighted by molar-refractivity contribution is 9.09. The molecule has 5 nitrogen and oxygen atoms in total. The summed E-state index contributed by atoms with van der Waals surface area (Å²) in [5.74, 6) is -0.620. The molecule has 31 heteroatoms. The van der Waals surface area contributed by atoms with Gasteiger partial charge in [0.25, 0.3) is 0 Å². The fourth-order valence-electron chi connectivity index (χ4n) is 7.76. The zero-order chi connectivity index (χ0) is 58.3. The third kappa shape index (κ3) is 14.4. The number of aromatic nitrogens is 2. The number of Topliss-reactive ketones (excluding diaryl/α,β-unsaturated/α-hetero) is 1. The van der Waals surface area contributed by atoms with E-state index in [9.17, 15) is 115 Å². The minimum absolute atomic E-state index is 0.0548. The number of benzene rings is 5. The van der Waals surface area contributed by atoms with Crippen LogP contribution in [0.25, 0.3) is 0 Å². The van der Waals surface area contributed by atoms with Crippen LogP contribution < -0.4 is 26.4 Å². The van der Waals surface area contributed by atoms with Gasteiger partial charge in [-0.05, 0) is 40.2 Å². The van der Waals surface area contributed by atoms with Gasteiger partial charge < -0.3 is 4.74 Å². The van der Waals surface area contributed by atoms with Crippen molar-refractivity contribution in [1.29, 1.82) is 0 Å². The first-order valence-corrected chi connectivity index (χ1v) is 21.6. The maximum absolute atomic E-state index is 14.2. The van der Waals surface area contributed by atoms with Crippen molar-refractivity contribution in [1.82, 2.24) is 4.98 Å². The van der Waals surface area contributed by atoms with E-state index in [0.29, 0.717) is 5.56 Å². The highest BCUT2D eigenvalue weighted by atomic mass is 79.9. The molecule has 6 rings (SSSR count). The Bertz CT molecular complexity index is 2690. The smallest absolute Gasteiger partial charge is 0.416 e. The highest BCUT2D eigenvalue weighted by Gasteiger charge is 2.47. The zero-order valence-electron chi connectivity index (χ0n) is 37.1. The molecule has 0 radical (unpaired) electrons. The van der Waals surface area contributed by atoms with Gasteiger partial charge in [0.05, 0.1) is 50.7 Å². The van der Waals surface area contributed by atoms with Crippen LogP contribution in [-0.2, 0) is 60.7 Å². The minimum Gasteiger partial charge on any atom is -0.446 e. The molecule has 0 saturated carbocycles. The first-order valence-electron chi connectivity index (χ1n) is 20.5. The number of rotatable bonds is 9. The first-order chi connectivity index (χ1) is 35.0. The number of carbonyl (C=O) groups is 2. The Labute approximate surface area is 423 Å². The summed E-state index contributed by atoms with van der Waals surface area (Å²) in [4.78, 5) is 27.8. The summed E-state index contributed by atoms with van der Waals surface area (Å²) >= 11 is 3.02. The third-order valence-corrected chi connectivity index (χ3v) is 11.3. The van der Waals surface area contributed by atoms with Crippen LogP contribution in [-0.4, -0.2) is 28.4 Å². The Morgan fingerprint density at radius 3 is 0.961 bits per heavy atom. The number of esters is 1. The molecule has 0 fully saturated rings. The summed E-state index contributed by atoms with van der Waals surface area (Å²) in [6, 6.07) is 0.0976. The fraction of sp³-hybridized carbons (Fsp3) is 0.217. The van der Waals surface area contributed by atoms with Crippen molar-refractivity contribution in [2.45, 2.75) is 56.0 Å². The average molecular weight is 1200 g/mol. The van der Waals surface area contributed by atoms with Crippen LogP contribution in [0.15, 0.2) is 122 Å². The molecule has 0 amide bonds. The molecule has 0 bridgehead atoms. The van der Waals surface area contributed by atoms with E-state index < -0.39 is 201 Å². The lowest BCUT2D eigenvalue weighted by Crippen LogP contribution is -2.75. The molecular weight excluding hydrogens is 1180 g/mol. The Kier molecular flexibility index (Phi) is 17.1. The lowest BCUT2D eigenvalue weighted by molar-refractivity contribution is -0.686. The second-order valence-electron chi connectivity index (χ2n) is 16.1. The maximum Gasteiger partial charge on any atom is 0.416 e. The van der Waals surface area contributed by atoms with Gasteiger partial charge >= 0.3 is 61.1 Å². The summed E-state index contributed by atoms with van der Waals surface area (Å²) in [5, 5.41) is 0. The van der Waals surface area contributed by atoms with Crippen LogP contribution in [0.4, 0.5) is 105 Å². The number of alkyl halides is 25. The van der Waals surface area contributed by atoms with Crippen molar-refractivity contribution in [3.8, 4) is 0 Å². The molecule has 1 aromatic heterocycles. The highest BCUT2D eigenvalue weighted by Crippen LogP contribution is 2.41. The molecule has 0 N–H and O–H groups in total. The molecule has 1 heterocycles. The fourth-order valence-corrected chi connectivity index (χ4v) is 7.97. The van der Waals surface area contributed by atoms with Gasteiger partial charge in [-0.1, -0.05) is 78.9 Å². The lowest BCUT2D eigenvalue weighted by atomic mass is 9.12. The molecule has 0 aliphatic carbocycles. The molecule has 0 saturated heterocycles. The van der Waals surface area contributed by atoms with Gasteiger partial charge in [0, 0.05) is 5.56 Å². The van der Waals surface area contributed by atoms with Crippen LogP contribution in [0.3, 0.4) is 0 Å². The van der Waals surface area contributed by atoms with Crippen LogP contribution in [0.5, 0.6) is 0 Å². The van der Waals surface area contributed by atoms with Crippen molar-refractivity contribution >= 4 is 55.7 Å². The van der Waals surface area contributed by atoms with E-state index in [2.05, 4.69) is 20.9 Å². The summed E-state index contributed by atoms with van der Waals surface area (Å²) in [5.41, 5.74) is -29.3. The third-order valence-electron chi connectivity index (χ3n) is 11.1. The van der Waals surface area contributed by atoms with E-state index in [1.54, 1.807) is 30.5 Å².